The van der Waals surface area contributed by atoms with Gasteiger partial charge in [0.2, 0.25) is 11.8 Å². The van der Waals surface area contributed by atoms with E-state index in [1.54, 1.807) is 0 Å². The molecule has 2 rings (SSSR count). The number of ether oxygens (including phenoxy) is 2. The molecule has 0 aromatic heterocycles. The van der Waals surface area contributed by atoms with E-state index in [1.807, 2.05) is 0 Å². The van der Waals surface area contributed by atoms with Crippen molar-refractivity contribution in [1.82, 2.24) is 0 Å². The predicted octanol–water partition coefficient (Wildman–Crippen LogP) is 3.97. The minimum atomic E-state index is -4.92. The summed E-state index contributed by atoms with van der Waals surface area (Å²) in [5, 5.41) is 6.99. The molecule has 0 spiro atoms. The molecule has 286 valence electrons. The molecule has 0 radical (unpaired) electrons. The number of rotatable bonds is 18. The van der Waals surface area contributed by atoms with Gasteiger partial charge in [-0.3, -0.25) is 24.4 Å². The molecule has 0 fully saturated rings. The Balaban J connectivity index is 2.44. The highest BCUT2D eigenvalue weighted by molar-refractivity contribution is 6.06. The highest BCUT2D eigenvalue weighted by Gasteiger charge is 2.34. The number of aliphatic imine (C=N–C) groups is 2. The van der Waals surface area contributed by atoms with Crippen LogP contribution in [0.15, 0.2) is 52.1 Å². The van der Waals surface area contributed by atoms with E-state index in [1.165, 1.54) is 20.1 Å². The Bertz CT molecular complexity index is 1640. The van der Waals surface area contributed by atoms with Crippen molar-refractivity contribution >= 4 is 47.0 Å². The maximum Gasteiger partial charge on any atom is 0.416 e. The highest BCUT2D eigenvalue weighted by Crippen LogP contribution is 2.41. The molecule has 3 amide bonds. The summed E-state index contributed by atoms with van der Waals surface area (Å²) in [6, 6.07) is 3.63. The zero-order valence-electron chi connectivity index (χ0n) is 28.3. The molecule has 1 atom stereocenters. The van der Waals surface area contributed by atoms with Crippen LogP contribution in [0.2, 0.25) is 0 Å². The Kier molecular flexibility index (Phi) is 16.4. The monoisotopic (exact) mass is 745 g/mol. The van der Waals surface area contributed by atoms with Crippen molar-refractivity contribution in [3.63, 3.8) is 0 Å². The number of nitrogens with one attached hydrogen (secondary N) is 3. The largest absolute Gasteiger partial charge is 0.490 e. The third-order valence-corrected chi connectivity index (χ3v) is 6.67. The Morgan fingerprint density at radius 2 is 1.44 bits per heavy atom. The van der Waals surface area contributed by atoms with Crippen LogP contribution in [0.4, 0.5) is 43.4 Å². The maximum atomic E-state index is 14.0. The number of nitrogens with two attached hydrogens (primary N) is 4. The molecule has 52 heavy (non-hydrogen) atoms. The van der Waals surface area contributed by atoms with E-state index in [-0.39, 0.29) is 62.4 Å². The number of unbranched alkanes of at least 4 members (excludes halogenated alkanes) is 1. The molecule has 0 heterocycles. The van der Waals surface area contributed by atoms with Crippen LogP contribution in [0.25, 0.3) is 0 Å². The Morgan fingerprint density at radius 3 is 2.02 bits per heavy atom. The summed E-state index contributed by atoms with van der Waals surface area (Å²) in [5.74, 6) is -4.51. The molecule has 0 aliphatic heterocycles. The summed E-state index contributed by atoms with van der Waals surface area (Å²) in [5.41, 5.74) is 17.5. The number of alkyl halides is 6. The van der Waals surface area contributed by atoms with Crippen LogP contribution in [0.1, 0.15) is 44.2 Å². The standard InChI is InChI=1S/C32H41F6N9O5/c1-3-43-24(29(50)46-21-15-19(31(33,34)35)7-8-25(21)51-12-9-39)14-18(2)28(49)47-23-17-20(32(36,37)38)16-22(27(23)52-13-10-40)45-26(48)6-4-5-11-44-30(41)42/h3,7-8,14-18H,4-6,9-13,39-40H2,1-2H3,(H,45,48)(H,46,50)(H,47,49)(H4,41,42,44)/b24-14-,43-3?. The molecule has 0 saturated carbocycles. The second-order valence-electron chi connectivity index (χ2n) is 10.9. The van der Waals surface area contributed by atoms with Crippen LogP contribution in [-0.4, -0.2) is 62.7 Å². The molecule has 1 unspecified atom stereocenters. The number of hydrogen-bond donors (Lipinski definition) is 7. The van der Waals surface area contributed by atoms with Gasteiger partial charge in [0.1, 0.15) is 24.7 Å². The molecule has 11 N–H and O–H groups in total. The minimum Gasteiger partial charge on any atom is -0.490 e. The Morgan fingerprint density at radius 1 is 0.846 bits per heavy atom. The molecule has 0 bridgehead atoms. The number of nitrogens with zero attached hydrogens (tertiary/aromatic N) is 2. The third-order valence-electron chi connectivity index (χ3n) is 6.67. The number of amides is 3. The molecule has 20 heteroatoms. The summed E-state index contributed by atoms with van der Waals surface area (Å²) in [6.07, 6.45) is -6.88. The second-order valence-corrected chi connectivity index (χ2v) is 10.9. The lowest BCUT2D eigenvalue weighted by Gasteiger charge is -2.20. The van der Waals surface area contributed by atoms with Crippen molar-refractivity contribution in [2.45, 2.75) is 45.5 Å². The Hall–Kier alpha value is -5.37. The van der Waals surface area contributed by atoms with Crippen molar-refractivity contribution in [3.8, 4) is 11.5 Å². The topological polar surface area (TPSA) is 235 Å². The fourth-order valence-corrected chi connectivity index (χ4v) is 4.27. The zero-order valence-corrected chi connectivity index (χ0v) is 28.3. The Labute approximate surface area is 295 Å². The molecule has 14 nitrogen and oxygen atoms in total. The first-order valence-electron chi connectivity index (χ1n) is 15.7. The fourth-order valence-electron chi connectivity index (χ4n) is 4.27. The van der Waals surface area contributed by atoms with Gasteiger partial charge in [0.05, 0.1) is 34.1 Å². The number of carbonyl (C=O) groups excluding carboxylic acids is 3. The van der Waals surface area contributed by atoms with Crippen LogP contribution < -0.4 is 48.4 Å². The number of guanidine groups is 1. The van der Waals surface area contributed by atoms with E-state index >= 15 is 0 Å². The number of anilines is 3. The van der Waals surface area contributed by atoms with Crippen molar-refractivity contribution in [3.05, 3.63) is 53.2 Å². The fraction of sp³-hybridized carbons (Fsp3) is 0.406. The van der Waals surface area contributed by atoms with Crippen LogP contribution in [-0.2, 0) is 26.7 Å². The average Bonchev–Trinajstić information content (AvgIpc) is 3.05. The number of carbonyl (C=O) groups is 3. The lowest BCUT2D eigenvalue weighted by Crippen LogP contribution is -2.23. The first kappa shape index (κ1) is 42.8. The second kappa shape index (κ2) is 19.9. The highest BCUT2D eigenvalue weighted by atomic mass is 19.4. The van der Waals surface area contributed by atoms with Gasteiger partial charge in [-0.1, -0.05) is 0 Å². The lowest BCUT2D eigenvalue weighted by molar-refractivity contribution is -0.138. The van der Waals surface area contributed by atoms with Gasteiger partial charge in [-0.15, -0.1) is 0 Å². The van der Waals surface area contributed by atoms with E-state index in [4.69, 9.17) is 32.4 Å². The van der Waals surface area contributed by atoms with Gasteiger partial charge in [0.15, 0.2) is 11.7 Å². The van der Waals surface area contributed by atoms with E-state index in [9.17, 15) is 40.7 Å². The van der Waals surface area contributed by atoms with E-state index in [2.05, 4.69) is 25.9 Å². The van der Waals surface area contributed by atoms with Gasteiger partial charge < -0.3 is 48.4 Å². The van der Waals surface area contributed by atoms with Gasteiger partial charge in [-0.25, -0.2) is 0 Å². The van der Waals surface area contributed by atoms with Crippen molar-refractivity contribution < 1.29 is 50.2 Å². The van der Waals surface area contributed by atoms with E-state index in [0.29, 0.717) is 31.0 Å². The molecule has 0 aliphatic rings. The SMILES string of the molecule is CC=N/C(=C\C(C)C(=O)Nc1cc(C(F)(F)F)cc(NC(=O)CCCCN=C(N)N)c1OCCN)C(=O)Nc1cc(C(F)(F)F)ccc1OCCN. The van der Waals surface area contributed by atoms with Crippen molar-refractivity contribution in [2.75, 3.05) is 48.8 Å². The summed E-state index contributed by atoms with van der Waals surface area (Å²) in [7, 11) is 0. The molecular weight excluding hydrogens is 704 g/mol. The summed E-state index contributed by atoms with van der Waals surface area (Å²) in [6.45, 7) is 2.58. The number of hydrogen-bond acceptors (Lipinski definition) is 9. The minimum absolute atomic E-state index is 0.0207. The number of benzene rings is 2. The van der Waals surface area contributed by atoms with Crippen molar-refractivity contribution in [1.29, 1.82) is 0 Å². The van der Waals surface area contributed by atoms with Gasteiger partial charge >= 0.3 is 12.4 Å². The maximum absolute atomic E-state index is 14.0. The normalized spacial score (nSPS) is 12.6. The van der Waals surface area contributed by atoms with Crippen LogP contribution >= 0.6 is 0 Å². The molecular formula is C32H41F6N9O5. The molecule has 0 saturated heterocycles. The van der Waals surface area contributed by atoms with E-state index in [0.717, 1.165) is 18.2 Å². The number of halogens is 6. The first-order chi connectivity index (χ1) is 24.4. The third kappa shape index (κ3) is 13.7. The molecule has 2 aromatic carbocycles. The van der Waals surface area contributed by atoms with Crippen LogP contribution in [0.5, 0.6) is 11.5 Å². The summed E-state index contributed by atoms with van der Waals surface area (Å²) >= 11 is 0. The average molecular weight is 746 g/mol. The van der Waals surface area contributed by atoms with Gasteiger partial charge in [0.25, 0.3) is 5.91 Å². The van der Waals surface area contributed by atoms with Crippen LogP contribution in [0.3, 0.4) is 0 Å². The predicted molar refractivity (Wildman–Crippen MR) is 184 cm³/mol. The lowest BCUT2D eigenvalue weighted by atomic mass is 10.1. The summed E-state index contributed by atoms with van der Waals surface area (Å²) in [4.78, 5) is 47.0. The quantitative estimate of drug-likeness (QED) is 0.0384. The van der Waals surface area contributed by atoms with Gasteiger partial charge in [0, 0.05) is 32.3 Å². The summed E-state index contributed by atoms with van der Waals surface area (Å²) < 4.78 is 93.1. The first-order valence-corrected chi connectivity index (χ1v) is 15.7. The van der Waals surface area contributed by atoms with Gasteiger partial charge in [-0.2, -0.15) is 26.3 Å². The molecule has 0 aliphatic carbocycles. The zero-order chi connectivity index (χ0) is 39.1. The molecule has 2 aromatic rings. The smallest absolute Gasteiger partial charge is 0.416 e. The van der Waals surface area contributed by atoms with E-state index < -0.39 is 64.2 Å². The van der Waals surface area contributed by atoms with Crippen molar-refractivity contribution in [2.24, 2.45) is 38.8 Å². The van der Waals surface area contributed by atoms with Gasteiger partial charge in [-0.05, 0) is 63.1 Å². The van der Waals surface area contributed by atoms with Crippen LogP contribution in [0, 0.1) is 5.92 Å².